The average Bonchev–Trinajstić information content (AvgIpc) is 3.44. The van der Waals surface area contributed by atoms with E-state index < -0.39 is 30.4 Å². The van der Waals surface area contributed by atoms with Crippen LogP contribution in [0.5, 0.6) is 0 Å². The molecule has 1 fully saturated rings. The molecule has 0 N–H and O–H groups in total. The Bertz CT molecular complexity index is 1640. The third-order valence-corrected chi connectivity index (χ3v) is 7.68. The minimum Gasteiger partial charge on any atom is -0.454 e. The second kappa shape index (κ2) is 13.4. The van der Waals surface area contributed by atoms with E-state index in [1.165, 1.54) is 16.5 Å². The van der Waals surface area contributed by atoms with Gasteiger partial charge in [0.15, 0.2) is 17.8 Å². The van der Waals surface area contributed by atoms with E-state index in [0.717, 1.165) is 29.4 Å². The number of hydrogen-bond donors (Lipinski definition) is 0. The van der Waals surface area contributed by atoms with Gasteiger partial charge in [0.1, 0.15) is 6.54 Å². The zero-order valence-electron chi connectivity index (χ0n) is 23.7. The van der Waals surface area contributed by atoms with Crippen molar-refractivity contribution in [2.75, 3.05) is 33.4 Å². The first kappa shape index (κ1) is 29.0. The van der Waals surface area contributed by atoms with Gasteiger partial charge in [0, 0.05) is 26.7 Å². The number of esters is 1. The van der Waals surface area contributed by atoms with Crippen LogP contribution in [0, 0.1) is 5.92 Å². The van der Waals surface area contributed by atoms with E-state index in [-0.39, 0.29) is 23.6 Å². The van der Waals surface area contributed by atoms with Crippen molar-refractivity contribution in [3.8, 4) is 0 Å². The molecule has 0 atom stereocenters. The van der Waals surface area contributed by atoms with Gasteiger partial charge in [0.25, 0.3) is 11.5 Å². The van der Waals surface area contributed by atoms with Crippen LogP contribution in [0.3, 0.4) is 0 Å². The van der Waals surface area contributed by atoms with Crippen molar-refractivity contribution in [2.24, 2.45) is 5.92 Å². The topological polar surface area (TPSA) is 118 Å². The smallest absolute Gasteiger partial charge is 0.333 e. The Hall–Kier alpha value is -4.51. The number of carbonyl (C=O) groups is 2. The molecule has 0 radical (unpaired) electrons. The van der Waals surface area contributed by atoms with Crippen LogP contribution in [0.1, 0.15) is 24.0 Å². The first-order valence-corrected chi connectivity index (χ1v) is 14.1. The highest BCUT2D eigenvalue weighted by molar-refractivity contribution is 5.80. The number of likely N-dealkylation sites (tertiary alicyclic amines) is 1. The van der Waals surface area contributed by atoms with Crippen molar-refractivity contribution in [1.82, 2.24) is 23.6 Å². The molecule has 4 aromatic rings. The largest absolute Gasteiger partial charge is 0.454 e. The standard InChI is InChI=1S/C31H35N5O6/c1-41-17-16-34-22-32-29-28(34)30(39)36(31(40)35(29)19-25-10-6-3-7-11-25)20-27(38)42-21-26(37)33-14-12-24(13-15-33)18-23-8-4-2-5-9-23/h2-11,22,24H,12-21H2,1H3. The van der Waals surface area contributed by atoms with Crippen molar-refractivity contribution < 1.29 is 19.1 Å². The van der Waals surface area contributed by atoms with Gasteiger partial charge in [-0.2, -0.15) is 0 Å². The number of piperidine rings is 1. The Labute approximate surface area is 242 Å². The fourth-order valence-electron chi connectivity index (χ4n) is 5.39. The van der Waals surface area contributed by atoms with Crippen LogP contribution in [0.4, 0.5) is 0 Å². The summed E-state index contributed by atoms with van der Waals surface area (Å²) in [5.41, 5.74) is 1.19. The summed E-state index contributed by atoms with van der Waals surface area (Å²) in [7, 11) is 1.55. The van der Waals surface area contributed by atoms with Crippen LogP contribution >= 0.6 is 0 Å². The predicted molar refractivity (Wildman–Crippen MR) is 156 cm³/mol. The number of aromatic nitrogens is 4. The zero-order chi connectivity index (χ0) is 29.5. The van der Waals surface area contributed by atoms with Crippen molar-refractivity contribution in [1.29, 1.82) is 0 Å². The van der Waals surface area contributed by atoms with E-state index in [9.17, 15) is 19.2 Å². The summed E-state index contributed by atoms with van der Waals surface area (Å²) in [5, 5.41) is 0. The average molecular weight is 574 g/mol. The lowest BCUT2D eigenvalue weighted by Gasteiger charge is -2.32. The van der Waals surface area contributed by atoms with Crippen molar-refractivity contribution in [2.45, 2.75) is 38.9 Å². The van der Waals surface area contributed by atoms with E-state index in [1.807, 2.05) is 48.5 Å². The quantitative estimate of drug-likeness (QED) is 0.252. The second-order valence-corrected chi connectivity index (χ2v) is 10.5. The monoisotopic (exact) mass is 573 g/mol. The number of fused-ring (bicyclic) bond motifs is 1. The molecule has 0 saturated carbocycles. The predicted octanol–water partition coefficient (Wildman–Crippen LogP) is 2.08. The molecule has 11 nitrogen and oxygen atoms in total. The van der Waals surface area contributed by atoms with Crippen molar-refractivity contribution in [3.63, 3.8) is 0 Å². The number of benzene rings is 2. The molecular weight excluding hydrogens is 538 g/mol. The van der Waals surface area contributed by atoms with Crippen LogP contribution < -0.4 is 11.2 Å². The van der Waals surface area contributed by atoms with Crippen LogP contribution in [-0.4, -0.2) is 68.9 Å². The van der Waals surface area contributed by atoms with E-state index in [0.29, 0.717) is 32.2 Å². The highest BCUT2D eigenvalue weighted by Crippen LogP contribution is 2.21. The summed E-state index contributed by atoms with van der Waals surface area (Å²) in [6, 6.07) is 19.6. The molecule has 0 aliphatic carbocycles. The maximum absolute atomic E-state index is 13.5. The third-order valence-electron chi connectivity index (χ3n) is 7.68. The maximum atomic E-state index is 13.5. The Morgan fingerprint density at radius 1 is 0.929 bits per heavy atom. The fourth-order valence-corrected chi connectivity index (χ4v) is 5.39. The lowest BCUT2D eigenvalue weighted by atomic mass is 9.90. The fraction of sp³-hybridized carbons (Fsp3) is 0.387. The minimum absolute atomic E-state index is 0.158. The number of hydrogen-bond acceptors (Lipinski definition) is 7. The Morgan fingerprint density at radius 3 is 2.26 bits per heavy atom. The number of rotatable bonds is 11. The number of methoxy groups -OCH3 is 1. The zero-order valence-corrected chi connectivity index (χ0v) is 23.7. The summed E-state index contributed by atoms with van der Waals surface area (Å²) >= 11 is 0. The van der Waals surface area contributed by atoms with Crippen molar-refractivity contribution >= 4 is 23.0 Å². The summed E-state index contributed by atoms with van der Waals surface area (Å²) < 4.78 is 14.2. The van der Waals surface area contributed by atoms with Gasteiger partial charge in [-0.05, 0) is 36.3 Å². The lowest BCUT2D eigenvalue weighted by Crippen LogP contribution is -2.44. The van der Waals surface area contributed by atoms with Gasteiger partial charge < -0.3 is 18.9 Å². The molecule has 3 heterocycles. The van der Waals surface area contributed by atoms with E-state index >= 15 is 0 Å². The summed E-state index contributed by atoms with van der Waals surface area (Å²) in [4.78, 5) is 58.6. The number of ether oxygens (including phenoxy) is 2. The van der Waals surface area contributed by atoms with Gasteiger partial charge in [0.05, 0.1) is 19.5 Å². The third kappa shape index (κ3) is 6.68. The second-order valence-electron chi connectivity index (χ2n) is 10.5. The molecule has 2 aromatic carbocycles. The molecular formula is C31H35N5O6. The van der Waals surface area contributed by atoms with Gasteiger partial charge in [-0.3, -0.25) is 19.0 Å². The van der Waals surface area contributed by atoms with E-state index in [4.69, 9.17) is 9.47 Å². The van der Waals surface area contributed by atoms with Gasteiger partial charge >= 0.3 is 11.7 Å². The van der Waals surface area contributed by atoms with Gasteiger partial charge in [-0.25, -0.2) is 14.3 Å². The molecule has 0 spiro atoms. The van der Waals surface area contributed by atoms with Crippen LogP contribution in [-0.2, 0) is 45.1 Å². The molecule has 220 valence electrons. The molecule has 11 heteroatoms. The molecule has 5 rings (SSSR count). The number of amides is 1. The summed E-state index contributed by atoms with van der Waals surface area (Å²) in [6.07, 6.45) is 4.21. The Morgan fingerprint density at radius 2 is 1.60 bits per heavy atom. The van der Waals surface area contributed by atoms with Crippen LogP contribution in [0.25, 0.3) is 11.2 Å². The van der Waals surface area contributed by atoms with E-state index in [2.05, 4.69) is 17.1 Å². The van der Waals surface area contributed by atoms with Gasteiger partial charge in [-0.15, -0.1) is 0 Å². The summed E-state index contributed by atoms with van der Waals surface area (Å²) in [6.45, 7) is 0.960. The number of nitrogens with zero attached hydrogens (tertiary/aromatic N) is 5. The van der Waals surface area contributed by atoms with Crippen LogP contribution in [0.2, 0.25) is 0 Å². The lowest BCUT2D eigenvalue weighted by molar-refractivity contribution is -0.153. The Kier molecular flexibility index (Phi) is 9.28. The molecule has 1 aliphatic rings. The number of carbonyl (C=O) groups excluding carboxylic acids is 2. The SMILES string of the molecule is COCCn1cnc2c1c(=O)n(CC(=O)OCC(=O)N1CCC(Cc3ccccc3)CC1)c(=O)n2Cc1ccccc1. The molecule has 0 unspecified atom stereocenters. The Balaban J connectivity index is 1.26. The summed E-state index contributed by atoms with van der Waals surface area (Å²) in [5.74, 6) is -0.630. The molecule has 2 aromatic heterocycles. The minimum atomic E-state index is -0.838. The molecule has 1 amide bonds. The normalized spacial score (nSPS) is 13.9. The van der Waals surface area contributed by atoms with Crippen LogP contribution in [0.15, 0.2) is 76.6 Å². The van der Waals surface area contributed by atoms with Gasteiger partial charge in [-0.1, -0.05) is 60.7 Å². The maximum Gasteiger partial charge on any atom is 0.333 e. The van der Waals surface area contributed by atoms with E-state index in [1.54, 1.807) is 16.6 Å². The molecule has 1 aliphatic heterocycles. The molecule has 1 saturated heterocycles. The molecule has 42 heavy (non-hydrogen) atoms. The molecule has 0 bridgehead atoms. The number of imidazole rings is 1. The first-order valence-electron chi connectivity index (χ1n) is 14.1. The van der Waals surface area contributed by atoms with Crippen molar-refractivity contribution in [3.05, 3.63) is 99.0 Å². The van der Waals surface area contributed by atoms with Gasteiger partial charge in [0.2, 0.25) is 0 Å². The highest BCUT2D eigenvalue weighted by Gasteiger charge is 2.25. The highest BCUT2D eigenvalue weighted by atomic mass is 16.5. The first-order chi connectivity index (χ1) is 20.4.